The second-order valence-corrected chi connectivity index (χ2v) is 5.09. The van der Waals surface area contributed by atoms with E-state index < -0.39 is 0 Å². The van der Waals surface area contributed by atoms with Crippen molar-refractivity contribution in [1.29, 1.82) is 0 Å². The summed E-state index contributed by atoms with van der Waals surface area (Å²) in [7, 11) is 1.40. The number of hydrogen-bond acceptors (Lipinski definition) is 5. The summed E-state index contributed by atoms with van der Waals surface area (Å²) in [5.41, 5.74) is 0. The SMILES string of the molecule is COC(=O)CN1CCC(Oc2cncc(Br)c2)C1. The zero-order valence-corrected chi connectivity index (χ0v) is 11.7. The number of ether oxygens (including phenoxy) is 2. The van der Waals surface area contributed by atoms with Crippen molar-refractivity contribution in [2.75, 3.05) is 26.7 Å². The largest absolute Gasteiger partial charge is 0.487 e. The van der Waals surface area contributed by atoms with Gasteiger partial charge >= 0.3 is 5.97 Å². The van der Waals surface area contributed by atoms with Crippen LogP contribution in [0.4, 0.5) is 0 Å². The Hall–Kier alpha value is -1.14. The predicted octanol–water partition coefficient (Wildman–Crippen LogP) is 1.47. The number of likely N-dealkylation sites (tertiary alicyclic amines) is 1. The topological polar surface area (TPSA) is 51.7 Å². The summed E-state index contributed by atoms with van der Waals surface area (Å²) in [6.07, 6.45) is 4.41. The van der Waals surface area contributed by atoms with Crippen molar-refractivity contribution in [2.45, 2.75) is 12.5 Å². The molecule has 98 valence electrons. The van der Waals surface area contributed by atoms with Crippen molar-refractivity contribution in [1.82, 2.24) is 9.88 Å². The third kappa shape index (κ3) is 3.68. The van der Waals surface area contributed by atoms with Gasteiger partial charge in [-0.25, -0.2) is 0 Å². The third-order valence-electron chi connectivity index (χ3n) is 2.79. The molecule has 2 rings (SSSR count). The van der Waals surface area contributed by atoms with Gasteiger partial charge in [-0.05, 0) is 28.4 Å². The average molecular weight is 315 g/mol. The van der Waals surface area contributed by atoms with Crippen molar-refractivity contribution in [3.63, 3.8) is 0 Å². The summed E-state index contributed by atoms with van der Waals surface area (Å²) in [6, 6.07) is 1.88. The quantitative estimate of drug-likeness (QED) is 0.788. The zero-order valence-electron chi connectivity index (χ0n) is 10.1. The van der Waals surface area contributed by atoms with Crippen LogP contribution in [0.3, 0.4) is 0 Å². The van der Waals surface area contributed by atoms with Gasteiger partial charge in [-0.15, -0.1) is 0 Å². The summed E-state index contributed by atoms with van der Waals surface area (Å²) < 4.78 is 11.4. The van der Waals surface area contributed by atoms with E-state index in [-0.39, 0.29) is 12.1 Å². The number of esters is 1. The number of halogens is 1. The summed E-state index contributed by atoms with van der Waals surface area (Å²) >= 11 is 3.35. The van der Waals surface area contributed by atoms with Crippen LogP contribution in [0.1, 0.15) is 6.42 Å². The number of carbonyl (C=O) groups excluding carboxylic acids is 1. The zero-order chi connectivity index (χ0) is 13.0. The maximum absolute atomic E-state index is 11.2. The first kappa shape index (κ1) is 13.3. The van der Waals surface area contributed by atoms with Crippen LogP contribution in [-0.4, -0.2) is 48.7 Å². The second-order valence-electron chi connectivity index (χ2n) is 4.18. The van der Waals surface area contributed by atoms with Crippen LogP contribution in [0.5, 0.6) is 5.75 Å². The third-order valence-corrected chi connectivity index (χ3v) is 3.23. The Morgan fingerprint density at radius 1 is 1.61 bits per heavy atom. The molecule has 0 radical (unpaired) electrons. The van der Waals surface area contributed by atoms with E-state index in [1.807, 2.05) is 11.0 Å². The molecule has 6 heteroatoms. The van der Waals surface area contributed by atoms with E-state index >= 15 is 0 Å². The van der Waals surface area contributed by atoms with Gasteiger partial charge < -0.3 is 9.47 Å². The lowest BCUT2D eigenvalue weighted by molar-refractivity contribution is -0.141. The first-order valence-corrected chi connectivity index (χ1v) is 6.53. The number of carbonyl (C=O) groups is 1. The number of aromatic nitrogens is 1. The Morgan fingerprint density at radius 2 is 2.44 bits per heavy atom. The van der Waals surface area contributed by atoms with Crippen molar-refractivity contribution in [3.05, 3.63) is 22.9 Å². The molecule has 2 heterocycles. The molecule has 18 heavy (non-hydrogen) atoms. The molecular formula is C12H15BrN2O3. The first-order chi connectivity index (χ1) is 8.67. The molecule has 1 fully saturated rings. The Morgan fingerprint density at radius 3 is 3.17 bits per heavy atom. The Balaban J connectivity index is 1.84. The van der Waals surface area contributed by atoms with Gasteiger partial charge in [0, 0.05) is 23.8 Å². The molecule has 0 aliphatic carbocycles. The van der Waals surface area contributed by atoms with Crippen molar-refractivity contribution in [2.24, 2.45) is 0 Å². The molecule has 1 aliphatic heterocycles. The number of pyridine rings is 1. The summed E-state index contributed by atoms with van der Waals surface area (Å²) in [4.78, 5) is 17.2. The number of nitrogens with zero attached hydrogens (tertiary/aromatic N) is 2. The molecule has 0 saturated carbocycles. The fourth-order valence-corrected chi connectivity index (χ4v) is 2.28. The minimum atomic E-state index is -0.209. The van der Waals surface area contributed by atoms with E-state index in [0.29, 0.717) is 6.54 Å². The van der Waals surface area contributed by atoms with Crippen molar-refractivity contribution < 1.29 is 14.3 Å². The summed E-state index contributed by atoms with van der Waals surface area (Å²) in [5, 5.41) is 0. The van der Waals surface area contributed by atoms with E-state index in [9.17, 15) is 4.79 Å². The summed E-state index contributed by atoms with van der Waals surface area (Å²) in [6.45, 7) is 1.91. The number of rotatable bonds is 4. The van der Waals surface area contributed by atoms with Crippen LogP contribution >= 0.6 is 15.9 Å². The van der Waals surface area contributed by atoms with Crippen molar-refractivity contribution in [3.8, 4) is 5.75 Å². The van der Waals surface area contributed by atoms with Gasteiger partial charge in [0.25, 0.3) is 0 Å². The van der Waals surface area contributed by atoms with E-state index in [2.05, 4.69) is 25.7 Å². The van der Waals surface area contributed by atoms with E-state index in [4.69, 9.17) is 4.74 Å². The molecule has 1 aromatic heterocycles. The van der Waals surface area contributed by atoms with Gasteiger partial charge in [0.1, 0.15) is 11.9 Å². The highest BCUT2D eigenvalue weighted by Gasteiger charge is 2.25. The minimum Gasteiger partial charge on any atom is -0.487 e. The maximum atomic E-state index is 11.2. The average Bonchev–Trinajstić information content (AvgIpc) is 2.76. The molecule has 0 amide bonds. The monoisotopic (exact) mass is 314 g/mol. The molecule has 1 aliphatic rings. The normalized spacial score (nSPS) is 19.8. The Kier molecular flexibility index (Phi) is 4.54. The number of hydrogen-bond donors (Lipinski definition) is 0. The molecular weight excluding hydrogens is 300 g/mol. The lowest BCUT2D eigenvalue weighted by atomic mass is 10.3. The molecule has 1 aromatic rings. The molecule has 0 bridgehead atoms. The van der Waals surface area contributed by atoms with E-state index in [0.717, 1.165) is 29.7 Å². The van der Waals surface area contributed by atoms with Gasteiger partial charge in [0.15, 0.2) is 0 Å². The molecule has 5 nitrogen and oxygen atoms in total. The molecule has 0 N–H and O–H groups in total. The molecule has 0 aromatic carbocycles. The molecule has 1 unspecified atom stereocenters. The van der Waals surface area contributed by atoms with Crippen LogP contribution in [0, 0.1) is 0 Å². The molecule has 1 atom stereocenters. The predicted molar refractivity (Wildman–Crippen MR) is 69.4 cm³/mol. The van der Waals surface area contributed by atoms with Gasteiger partial charge in [-0.3, -0.25) is 14.7 Å². The highest BCUT2D eigenvalue weighted by Crippen LogP contribution is 2.20. The van der Waals surface area contributed by atoms with E-state index in [1.54, 1.807) is 12.4 Å². The van der Waals surface area contributed by atoms with Crippen LogP contribution in [0.2, 0.25) is 0 Å². The van der Waals surface area contributed by atoms with Gasteiger partial charge in [0.2, 0.25) is 0 Å². The highest BCUT2D eigenvalue weighted by molar-refractivity contribution is 9.10. The fraction of sp³-hybridized carbons (Fsp3) is 0.500. The second kappa shape index (κ2) is 6.15. The Labute approximate surface area is 114 Å². The van der Waals surface area contributed by atoms with Gasteiger partial charge in [-0.1, -0.05) is 0 Å². The number of methoxy groups -OCH3 is 1. The molecule has 0 spiro atoms. The highest BCUT2D eigenvalue weighted by atomic mass is 79.9. The standard InChI is InChI=1S/C12H15BrN2O3/c1-17-12(16)8-15-3-2-10(7-15)18-11-4-9(13)5-14-6-11/h4-6,10H,2-3,7-8H2,1H3. The Bertz CT molecular complexity index is 428. The van der Waals surface area contributed by atoms with Crippen LogP contribution in [0.25, 0.3) is 0 Å². The van der Waals surface area contributed by atoms with Crippen LogP contribution in [-0.2, 0) is 9.53 Å². The van der Waals surface area contributed by atoms with Crippen molar-refractivity contribution >= 4 is 21.9 Å². The summed E-state index contributed by atoms with van der Waals surface area (Å²) in [5.74, 6) is 0.536. The van der Waals surface area contributed by atoms with Gasteiger partial charge in [-0.2, -0.15) is 0 Å². The van der Waals surface area contributed by atoms with E-state index in [1.165, 1.54) is 7.11 Å². The lowest BCUT2D eigenvalue weighted by Gasteiger charge is -2.15. The first-order valence-electron chi connectivity index (χ1n) is 5.74. The fourth-order valence-electron chi connectivity index (χ4n) is 1.93. The lowest BCUT2D eigenvalue weighted by Crippen LogP contribution is -2.30. The van der Waals surface area contributed by atoms with Gasteiger partial charge in [0.05, 0.1) is 19.9 Å². The maximum Gasteiger partial charge on any atom is 0.319 e. The minimum absolute atomic E-state index is 0.103. The van der Waals surface area contributed by atoms with Crippen LogP contribution in [0.15, 0.2) is 22.9 Å². The smallest absolute Gasteiger partial charge is 0.319 e. The van der Waals surface area contributed by atoms with Crippen LogP contribution < -0.4 is 4.74 Å². The molecule has 1 saturated heterocycles.